The predicted octanol–water partition coefficient (Wildman–Crippen LogP) is 8.12. The van der Waals surface area contributed by atoms with Crippen molar-refractivity contribution < 1.29 is 125 Å². The minimum Gasteiger partial charge on any atom is -0.505 e. The zero-order valence-electron chi connectivity index (χ0n) is 47.5. The van der Waals surface area contributed by atoms with Crippen molar-refractivity contribution in [2.75, 3.05) is 59.8 Å². The molecule has 0 saturated carbocycles. The van der Waals surface area contributed by atoms with E-state index < -0.39 is 144 Å². The Morgan fingerprint density at radius 2 is 0.723 bits per heavy atom. The van der Waals surface area contributed by atoms with Gasteiger partial charge in [0.1, 0.15) is 73.9 Å². The van der Waals surface area contributed by atoms with Gasteiger partial charge in [0.2, 0.25) is 0 Å². The largest absolute Gasteiger partial charge is 0.505 e. The number of aliphatic carboxylic acids is 4. The van der Waals surface area contributed by atoms with Gasteiger partial charge in [0, 0.05) is 70.0 Å². The highest BCUT2D eigenvalue weighted by molar-refractivity contribution is 6.08. The van der Waals surface area contributed by atoms with Crippen LogP contribution in [-0.4, -0.2) is 128 Å². The lowest BCUT2D eigenvalue weighted by Crippen LogP contribution is -2.35. The summed E-state index contributed by atoms with van der Waals surface area (Å²) < 4.78 is 95.7. The molecule has 0 aromatic heterocycles. The van der Waals surface area contributed by atoms with Crippen LogP contribution in [-0.2, 0) is 39.9 Å². The van der Waals surface area contributed by atoms with E-state index in [1.807, 2.05) is 0 Å². The molecular formula is C64H42F4N4O22. The molecule has 8 aromatic carbocycles. The van der Waals surface area contributed by atoms with Gasteiger partial charge >= 0.3 is 35.8 Å². The van der Waals surface area contributed by atoms with E-state index >= 15 is 17.6 Å². The number of carbonyl (C=O) groups excluding carboxylic acids is 4. The van der Waals surface area contributed by atoms with E-state index in [1.54, 1.807) is 0 Å². The fraction of sp³-hybridized carbons (Fsp3) is 0.125. The van der Waals surface area contributed by atoms with Crippen molar-refractivity contribution in [3.05, 3.63) is 200 Å². The molecule has 12 rings (SSSR count). The van der Waals surface area contributed by atoms with Crippen molar-refractivity contribution in [1.82, 2.24) is 0 Å². The number of ether oxygens (including phenoxy) is 6. The van der Waals surface area contributed by atoms with E-state index in [0.717, 1.165) is 70.5 Å². The number of fused-ring (bicyclic) bond motifs is 12. The van der Waals surface area contributed by atoms with E-state index in [-0.39, 0.29) is 113 Å². The standard InChI is InChI=1S/C64H42F4N4O22/c65-39-15-35-49(19-45(39)73)91-50-20-46(74)40(66)16-36(50)63(35)33-5-1-27(11-31(33)61(87)93-63)59(85)69-29-3-7-43(71(23-55(77)78)24-56(79)80)53(13-29)89-9-10-90-54-14-30(4-8-44(54)72(25-57(81)82)26-58(83)84)70-60(86)28-2-6-34-32(12-28)62(88)94-64(34)37-17-41(67)47(75)21-51(37)92-52-22-48(76)42(68)18-38(52)64/h1-8,11-22,73-76H,9-10,23-26H2,(H,69,85)(H,70,86)(H,77,78)(H,79,80)(H,81,82)(H,83,84). The highest BCUT2D eigenvalue weighted by Crippen LogP contribution is 2.60. The van der Waals surface area contributed by atoms with Gasteiger partial charge in [-0.05, 0) is 72.8 Å². The second kappa shape index (κ2) is 23.2. The smallest absolute Gasteiger partial charge is 0.340 e. The first-order chi connectivity index (χ1) is 44.7. The average molecular weight is 1300 g/mol. The van der Waals surface area contributed by atoms with Crippen molar-refractivity contribution in [3.8, 4) is 57.5 Å². The van der Waals surface area contributed by atoms with Crippen LogP contribution in [0.4, 0.5) is 40.3 Å². The summed E-state index contributed by atoms with van der Waals surface area (Å²) in [5.74, 6) is -19.4. The van der Waals surface area contributed by atoms with Crippen molar-refractivity contribution in [3.63, 3.8) is 0 Å². The first-order valence-corrected chi connectivity index (χ1v) is 27.5. The summed E-state index contributed by atoms with van der Waals surface area (Å²) >= 11 is 0. The molecule has 0 fully saturated rings. The predicted molar refractivity (Wildman–Crippen MR) is 311 cm³/mol. The molecule has 94 heavy (non-hydrogen) atoms. The van der Waals surface area contributed by atoms with Gasteiger partial charge < -0.3 is 89.7 Å². The molecule has 30 heteroatoms. The maximum atomic E-state index is 15.1. The Kier molecular flexibility index (Phi) is 15.2. The Balaban J connectivity index is 0.819. The summed E-state index contributed by atoms with van der Waals surface area (Å²) in [5.41, 5.74) is -6.50. The van der Waals surface area contributed by atoms with Crippen molar-refractivity contribution in [2.24, 2.45) is 0 Å². The fourth-order valence-corrected chi connectivity index (χ4v) is 11.5. The fourth-order valence-electron chi connectivity index (χ4n) is 11.5. The van der Waals surface area contributed by atoms with Crippen LogP contribution in [0.5, 0.6) is 57.5 Å². The van der Waals surface area contributed by atoms with Crippen LogP contribution < -0.4 is 39.4 Å². The van der Waals surface area contributed by atoms with E-state index in [1.165, 1.54) is 60.7 Å². The molecular weight excluding hydrogens is 1250 g/mol. The molecule has 0 aliphatic carbocycles. The molecule has 4 aliphatic heterocycles. The molecule has 10 N–H and O–H groups in total. The number of benzene rings is 8. The number of phenolic OH excluding ortho intramolecular Hbond substituents is 4. The topological polar surface area (TPSA) is 384 Å². The van der Waals surface area contributed by atoms with Crippen molar-refractivity contribution in [1.29, 1.82) is 0 Å². The van der Waals surface area contributed by atoms with Gasteiger partial charge in [-0.2, -0.15) is 0 Å². The summed E-state index contributed by atoms with van der Waals surface area (Å²) in [7, 11) is 0. The maximum Gasteiger partial charge on any atom is 0.340 e. The number of nitrogens with one attached hydrogen (secondary N) is 2. The molecule has 0 unspecified atom stereocenters. The van der Waals surface area contributed by atoms with E-state index in [2.05, 4.69) is 10.6 Å². The molecule has 0 saturated heterocycles. The number of halogens is 4. The number of phenols is 4. The summed E-state index contributed by atoms with van der Waals surface area (Å²) in [6, 6.07) is 21.3. The SMILES string of the molecule is O=C(O)CN(CC(=O)O)c1ccc(NC(=O)c2ccc3c(c2)C(=O)OC32c3cc(F)c(O)cc3Oc3cc(O)c(F)cc32)cc1OCCOc1cc(NC(=O)c2ccc3c(c2)C(=O)OC32c3cc(F)c(O)cc3Oc3cc(O)c(F)cc32)ccc1N(CC(=O)O)CC(=O)O. The van der Waals surface area contributed by atoms with E-state index in [9.17, 15) is 79.2 Å². The Bertz CT molecular complexity index is 4240. The quantitative estimate of drug-likeness (QED) is 0.0207. The Morgan fingerprint density at radius 1 is 0.415 bits per heavy atom. The first kappa shape index (κ1) is 61.5. The Labute approximate surface area is 522 Å². The number of carboxylic acids is 4. The number of carbonyl (C=O) groups is 8. The lowest BCUT2D eigenvalue weighted by atomic mass is 9.77. The third-order valence-electron chi connectivity index (χ3n) is 15.4. The number of hydrogen-bond acceptors (Lipinski definition) is 20. The van der Waals surface area contributed by atoms with Gasteiger partial charge in [-0.3, -0.25) is 28.8 Å². The highest BCUT2D eigenvalue weighted by Gasteiger charge is 2.56. The maximum absolute atomic E-state index is 15.1. The van der Waals surface area contributed by atoms with Crippen LogP contribution in [0.2, 0.25) is 0 Å². The highest BCUT2D eigenvalue weighted by atomic mass is 19.1. The molecule has 8 aromatic rings. The first-order valence-electron chi connectivity index (χ1n) is 27.5. The zero-order valence-corrected chi connectivity index (χ0v) is 47.5. The Morgan fingerprint density at radius 3 is 1.02 bits per heavy atom. The van der Waals surface area contributed by atoms with Crippen LogP contribution in [0.25, 0.3) is 0 Å². The van der Waals surface area contributed by atoms with Crippen molar-refractivity contribution in [2.45, 2.75) is 11.2 Å². The number of hydrogen-bond donors (Lipinski definition) is 10. The third-order valence-corrected chi connectivity index (χ3v) is 15.4. The number of rotatable bonds is 19. The second-order valence-corrected chi connectivity index (χ2v) is 21.3. The van der Waals surface area contributed by atoms with Gasteiger partial charge in [0.15, 0.2) is 57.5 Å². The average Bonchev–Trinajstić information content (AvgIpc) is 1.47. The normalized spacial score (nSPS) is 13.7. The minimum atomic E-state index is -2.14. The van der Waals surface area contributed by atoms with Gasteiger partial charge in [-0.1, -0.05) is 12.1 Å². The number of aromatic hydroxyl groups is 4. The number of esters is 2. The summed E-state index contributed by atoms with van der Waals surface area (Å²) in [6.45, 7) is -4.69. The molecule has 4 aliphatic rings. The molecule has 2 spiro atoms. The van der Waals surface area contributed by atoms with Crippen LogP contribution in [0, 0.1) is 23.3 Å². The van der Waals surface area contributed by atoms with Gasteiger partial charge in [0.05, 0.1) is 44.8 Å². The monoisotopic (exact) mass is 1290 g/mol. The van der Waals surface area contributed by atoms with Crippen LogP contribution in [0.15, 0.2) is 121 Å². The summed E-state index contributed by atoms with van der Waals surface area (Å²) in [6.07, 6.45) is 0. The van der Waals surface area contributed by atoms with Gasteiger partial charge in [-0.25, -0.2) is 27.2 Å². The number of anilines is 4. The van der Waals surface area contributed by atoms with E-state index in [4.69, 9.17) is 28.4 Å². The lowest BCUT2D eigenvalue weighted by Gasteiger charge is -2.36. The lowest BCUT2D eigenvalue weighted by molar-refractivity contribution is -0.138. The number of nitrogens with zero attached hydrogens (tertiary/aromatic N) is 2. The molecule has 0 atom stereocenters. The molecule has 26 nitrogen and oxygen atoms in total. The molecule has 0 bridgehead atoms. The van der Waals surface area contributed by atoms with Gasteiger partial charge in [-0.15, -0.1) is 0 Å². The van der Waals surface area contributed by atoms with E-state index in [0.29, 0.717) is 0 Å². The van der Waals surface area contributed by atoms with Crippen LogP contribution >= 0.6 is 0 Å². The van der Waals surface area contributed by atoms with Crippen LogP contribution in [0.3, 0.4) is 0 Å². The zero-order chi connectivity index (χ0) is 67.0. The number of amides is 2. The summed E-state index contributed by atoms with van der Waals surface area (Å²) in [4.78, 5) is 106. The molecule has 478 valence electrons. The molecule has 0 radical (unpaired) electrons. The van der Waals surface area contributed by atoms with Crippen molar-refractivity contribution >= 4 is 70.4 Å². The van der Waals surface area contributed by atoms with Crippen LogP contribution in [0.1, 0.15) is 74.8 Å². The molecule has 2 amide bonds. The molecule has 4 heterocycles. The second-order valence-electron chi connectivity index (χ2n) is 21.3. The summed E-state index contributed by atoms with van der Waals surface area (Å²) in [5, 5.41) is 85.2. The minimum absolute atomic E-state index is 0.0292. The third kappa shape index (κ3) is 10.8. The van der Waals surface area contributed by atoms with Gasteiger partial charge in [0.25, 0.3) is 11.8 Å². The number of carboxylic acid groups (broad SMARTS) is 4. The Hall–Kier alpha value is -12.8.